The van der Waals surface area contributed by atoms with E-state index in [1.165, 1.54) is 31.3 Å². The Bertz CT molecular complexity index is 2470. The number of nitrogens with zero attached hydrogens (tertiary/aromatic N) is 1. The van der Waals surface area contributed by atoms with E-state index in [0.717, 1.165) is 50.1 Å². The Morgan fingerprint density at radius 1 is 0.444 bits per heavy atom. The first-order chi connectivity index (χ1) is 22.3. The summed E-state index contributed by atoms with van der Waals surface area (Å²) in [5.41, 5.74) is 9.71. The van der Waals surface area contributed by atoms with E-state index in [1.807, 2.05) is 11.3 Å². The van der Waals surface area contributed by atoms with Crippen molar-refractivity contribution in [3.63, 3.8) is 0 Å². The van der Waals surface area contributed by atoms with Gasteiger partial charge in [-0.2, -0.15) is 0 Å². The quantitative estimate of drug-likeness (QED) is 0.197. The van der Waals surface area contributed by atoms with Gasteiger partial charge in [0.15, 0.2) is 0 Å². The first-order valence-electron chi connectivity index (χ1n) is 15.2. The zero-order valence-electron chi connectivity index (χ0n) is 24.4. The summed E-state index contributed by atoms with van der Waals surface area (Å²) >= 11 is 1.85. The van der Waals surface area contributed by atoms with Gasteiger partial charge in [-0.15, -0.1) is 11.3 Å². The molecule has 0 saturated carbocycles. The normalized spacial score (nSPS) is 11.6. The summed E-state index contributed by atoms with van der Waals surface area (Å²) in [6.45, 7) is 0. The number of rotatable bonds is 5. The minimum Gasteiger partial charge on any atom is -0.455 e. The van der Waals surface area contributed by atoms with E-state index in [2.05, 4.69) is 169 Å². The molecule has 9 aromatic rings. The molecule has 45 heavy (non-hydrogen) atoms. The van der Waals surface area contributed by atoms with Crippen molar-refractivity contribution in [1.29, 1.82) is 0 Å². The summed E-state index contributed by atoms with van der Waals surface area (Å²) in [6, 6.07) is 58.4. The topological polar surface area (TPSA) is 16.4 Å². The number of para-hydroxylation sites is 1. The van der Waals surface area contributed by atoms with Crippen LogP contribution in [0.2, 0.25) is 0 Å². The van der Waals surface area contributed by atoms with Crippen molar-refractivity contribution >= 4 is 70.5 Å². The van der Waals surface area contributed by atoms with Crippen molar-refractivity contribution in [2.24, 2.45) is 0 Å². The van der Waals surface area contributed by atoms with Gasteiger partial charge in [0.1, 0.15) is 11.2 Å². The van der Waals surface area contributed by atoms with Crippen LogP contribution in [0.15, 0.2) is 168 Å². The van der Waals surface area contributed by atoms with Crippen LogP contribution >= 0.6 is 11.3 Å². The molecule has 0 fully saturated rings. The molecule has 2 heterocycles. The molecule has 0 aliphatic carbocycles. The van der Waals surface area contributed by atoms with E-state index in [1.54, 1.807) is 0 Å². The van der Waals surface area contributed by atoms with Crippen molar-refractivity contribution in [2.75, 3.05) is 4.90 Å². The van der Waals surface area contributed by atoms with Crippen LogP contribution < -0.4 is 4.90 Å². The fraction of sp³-hybridized carbons (Fsp3) is 0. The largest absolute Gasteiger partial charge is 0.455 e. The molecule has 0 radical (unpaired) electrons. The highest BCUT2D eigenvalue weighted by molar-refractivity contribution is 7.25. The van der Waals surface area contributed by atoms with Crippen molar-refractivity contribution < 1.29 is 4.42 Å². The molecule has 0 N–H and O–H groups in total. The van der Waals surface area contributed by atoms with Crippen molar-refractivity contribution in [1.82, 2.24) is 0 Å². The molecule has 0 atom stereocenters. The second kappa shape index (κ2) is 10.5. The summed E-state index contributed by atoms with van der Waals surface area (Å²) in [5.74, 6) is 0. The first-order valence-corrected chi connectivity index (χ1v) is 16.0. The molecule has 3 heteroatoms. The lowest BCUT2D eigenvalue weighted by molar-refractivity contribution is 0.670. The number of hydrogen-bond donors (Lipinski definition) is 0. The van der Waals surface area contributed by atoms with Gasteiger partial charge in [0.05, 0.1) is 11.1 Å². The molecule has 0 spiro atoms. The zero-order chi connectivity index (χ0) is 29.7. The molecule has 9 rings (SSSR count). The molecule has 0 unspecified atom stereocenters. The van der Waals surface area contributed by atoms with Crippen LogP contribution in [0.5, 0.6) is 0 Å². The number of anilines is 3. The number of furan rings is 1. The van der Waals surface area contributed by atoms with Gasteiger partial charge in [-0.25, -0.2) is 0 Å². The molecule has 2 nitrogen and oxygen atoms in total. The van der Waals surface area contributed by atoms with Gasteiger partial charge in [0, 0.05) is 42.5 Å². The maximum absolute atomic E-state index is 6.67. The van der Waals surface area contributed by atoms with E-state index in [9.17, 15) is 0 Å². The number of thiophene rings is 1. The summed E-state index contributed by atoms with van der Waals surface area (Å²) in [6.07, 6.45) is 0. The van der Waals surface area contributed by atoms with Gasteiger partial charge in [0.25, 0.3) is 0 Å². The van der Waals surface area contributed by atoms with Gasteiger partial charge in [-0.05, 0) is 65.2 Å². The van der Waals surface area contributed by atoms with Crippen LogP contribution in [0.3, 0.4) is 0 Å². The molecule has 0 bridgehead atoms. The second-order valence-corrected chi connectivity index (χ2v) is 12.4. The molecule has 0 aliphatic heterocycles. The molecular weight excluding hydrogens is 567 g/mol. The minimum atomic E-state index is 0.874. The third-order valence-corrected chi connectivity index (χ3v) is 9.83. The van der Waals surface area contributed by atoms with Crippen LogP contribution in [0, 0.1) is 0 Å². The van der Waals surface area contributed by atoms with Gasteiger partial charge in [-0.3, -0.25) is 0 Å². The Kier molecular flexibility index (Phi) is 6.03. The molecular formula is C42H27NOS. The molecule has 2 aromatic heterocycles. The molecule has 7 aromatic carbocycles. The standard InChI is InChI=1S/C42H27NOS/c1-3-11-28(12-4-1)29-21-23-31(24-22-29)43(32-25-26-40-36(27-32)34-15-7-8-20-39(34)45-40)37-18-10-19-38-41(37)35-17-9-16-33(42(35)44-38)30-13-5-2-6-14-30/h1-27H. The van der Waals surface area contributed by atoms with Crippen LogP contribution in [0.1, 0.15) is 0 Å². The molecule has 0 aliphatic rings. The van der Waals surface area contributed by atoms with E-state index < -0.39 is 0 Å². The predicted octanol–water partition coefficient (Wildman–Crippen LogP) is 12.8. The Morgan fingerprint density at radius 2 is 1.09 bits per heavy atom. The van der Waals surface area contributed by atoms with Crippen molar-refractivity contribution in [3.05, 3.63) is 164 Å². The van der Waals surface area contributed by atoms with Gasteiger partial charge >= 0.3 is 0 Å². The Morgan fingerprint density at radius 3 is 1.91 bits per heavy atom. The third-order valence-electron chi connectivity index (χ3n) is 8.68. The highest BCUT2D eigenvalue weighted by atomic mass is 32.1. The number of hydrogen-bond acceptors (Lipinski definition) is 3. The maximum atomic E-state index is 6.67. The monoisotopic (exact) mass is 593 g/mol. The third kappa shape index (κ3) is 4.32. The van der Waals surface area contributed by atoms with Gasteiger partial charge in [0.2, 0.25) is 0 Å². The smallest absolute Gasteiger partial charge is 0.143 e. The highest BCUT2D eigenvalue weighted by Gasteiger charge is 2.21. The molecule has 212 valence electrons. The molecule has 0 saturated heterocycles. The van der Waals surface area contributed by atoms with Gasteiger partial charge < -0.3 is 9.32 Å². The summed E-state index contributed by atoms with van der Waals surface area (Å²) in [7, 11) is 0. The van der Waals surface area contributed by atoms with Crippen LogP contribution in [-0.4, -0.2) is 0 Å². The fourth-order valence-electron chi connectivity index (χ4n) is 6.57. The minimum absolute atomic E-state index is 0.874. The predicted molar refractivity (Wildman–Crippen MR) is 192 cm³/mol. The summed E-state index contributed by atoms with van der Waals surface area (Å²) in [4.78, 5) is 2.38. The van der Waals surface area contributed by atoms with Crippen molar-refractivity contribution in [3.8, 4) is 22.3 Å². The van der Waals surface area contributed by atoms with Crippen LogP contribution in [-0.2, 0) is 0 Å². The average molecular weight is 594 g/mol. The van der Waals surface area contributed by atoms with Crippen LogP contribution in [0.25, 0.3) is 64.4 Å². The highest BCUT2D eigenvalue weighted by Crippen LogP contribution is 2.46. The van der Waals surface area contributed by atoms with E-state index in [4.69, 9.17) is 4.42 Å². The Balaban J connectivity index is 1.29. The summed E-state index contributed by atoms with van der Waals surface area (Å²) < 4.78 is 9.26. The number of benzene rings is 7. The lowest BCUT2D eigenvalue weighted by Gasteiger charge is -2.26. The van der Waals surface area contributed by atoms with E-state index in [-0.39, 0.29) is 0 Å². The van der Waals surface area contributed by atoms with Gasteiger partial charge in [-0.1, -0.05) is 115 Å². The second-order valence-electron chi connectivity index (χ2n) is 11.3. The van der Waals surface area contributed by atoms with Crippen molar-refractivity contribution in [2.45, 2.75) is 0 Å². The van der Waals surface area contributed by atoms with E-state index in [0.29, 0.717) is 0 Å². The zero-order valence-corrected chi connectivity index (χ0v) is 25.2. The maximum Gasteiger partial charge on any atom is 0.143 e. The lowest BCUT2D eigenvalue weighted by Crippen LogP contribution is -2.10. The Labute approximate surface area is 265 Å². The van der Waals surface area contributed by atoms with Crippen LogP contribution in [0.4, 0.5) is 17.1 Å². The fourth-order valence-corrected chi connectivity index (χ4v) is 7.66. The average Bonchev–Trinajstić information content (AvgIpc) is 3.68. The summed E-state index contributed by atoms with van der Waals surface area (Å²) in [5, 5.41) is 4.77. The number of fused-ring (bicyclic) bond motifs is 6. The lowest BCUT2D eigenvalue weighted by atomic mass is 10.0. The Hall–Kier alpha value is -5.64. The SMILES string of the molecule is c1ccc(-c2ccc(N(c3ccc4sc5ccccc5c4c3)c3cccc4oc5c(-c6ccccc6)cccc5c34)cc2)cc1. The molecule has 0 amide bonds. The van der Waals surface area contributed by atoms with E-state index >= 15 is 0 Å². The first kappa shape index (κ1) is 25.8.